The van der Waals surface area contributed by atoms with Crippen molar-refractivity contribution in [3.63, 3.8) is 0 Å². The molecule has 1 heterocycles. The fraction of sp³-hybridized carbons (Fsp3) is 0.0455. The van der Waals surface area contributed by atoms with Gasteiger partial charge in [-0.2, -0.15) is 0 Å². The lowest BCUT2D eigenvalue weighted by Gasteiger charge is -2.21. The van der Waals surface area contributed by atoms with E-state index in [2.05, 4.69) is 17.1 Å². The maximum atomic E-state index is 6.47. The zero-order valence-electron chi connectivity index (χ0n) is 14.0. The van der Waals surface area contributed by atoms with E-state index in [4.69, 9.17) is 16.3 Å². The molecule has 0 saturated carbocycles. The van der Waals surface area contributed by atoms with Gasteiger partial charge in [-0.25, -0.2) is 4.98 Å². The van der Waals surface area contributed by atoms with E-state index in [1.54, 1.807) is 6.20 Å². The maximum Gasteiger partial charge on any atom is 0.127 e. The number of hydrogen-bond donors (Lipinski definition) is 0. The Kier molecular flexibility index (Phi) is 4.71. The predicted molar refractivity (Wildman–Crippen MR) is 104 cm³/mol. The summed E-state index contributed by atoms with van der Waals surface area (Å²) in [6.45, 7) is 0. The molecule has 3 nitrogen and oxygen atoms in total. The number of para-hydroxylation sites is 1. The third-order valence-electron chi connectivity index (χ3n) is 4.20. The molecule has 0 fully saturated rings. The Morgan fingerprint density at radius 2 is 1.50 bits per heavy atom. The highest BCUT2D eigenvalue weighted by Crippen LogP contribution is 2.33. The van der Waals surface area contributed by atoms with Crippen LogP contribution in [0, 0.1) is 0 Å². The van der Waals surface area contributed by atoms with Crippen LogP contribution < -0.4 is 4.74 Å². The van der Waals surface area contributed by atoms with Gasteiger partial charge in [0.2, 0.25) is 0 Å². The molecule has 26 heavy (non-hydrogen) atoms. The first-order valence-corrected chi connectivity index (χ1v) is 8.74. The van der Waals surface area contributed by atoms with Crippen LogP contribution in [0.15, 0.2) is 97.6 Å². The highest BCUT2D eigenvalue weighted by atomic mass is 35.5. The molecule has 3 aromatic carbocycles. The Hall–Kier alpha value is -3.04. The molecule has 4 rings (SSSR count). The van der Waals surface area contributed by atoms with Crippen LogP contribution in [0.25, 0.3) is 0 Å². The zero-order valence-corrected chi connectivity index (χ0v) is 14.8. The first-order valence-electron chi connectivity index (χ1n) is 8.36. The number of nitrogens with zero attached hydrogens (tertiary/aromatic N) is 2. The molecular weight excluding hydrogens is 344 g/mol. The largest absolute Gasteiger partial charge is 0.457 e. The van der Waals surface area contributed by atoms with Crippen molar-refractivity contribution in [2.45, 2.75) is 6.04 Å². The van der Waals surface area contributed by atoms with E-state index in [1.165, 1.54) is 0 Å². The van der Waals surface area contributed by atoms with Gasteiger partial charge >= 0.3 is 0 Å². The van der Waals surface area contributed by atoms with E-state index in [-0.39, 0.29) is 6.04 Å². The van der Waals surface area contributed by atoms with Crippen molar-refractivity contribution in [2.75, 3.05) is 0 Å². The van der Waals surface area contributed by atoms with Crippen LogP contribution in [0.1, 0.15) is 17.2 Å². The SMILES string of the molecule is Clc1ccccc1C(c1ccc(Oc2ccccc2)cc1)n1ccnc1. The van der Waals surface area contributed by atoms with Crippen molar-refractivity contribution in [1.82, 2.24) is 9.55 Å². The van der Waals surface area contributed by atoms with Crippen molar-refractivity contribution in [3.05, 3.63) is 114 Å². The lowest BCUT2D eigenvalue weighted by Crippen LogP contribution is -2.11. The minimum absolute atomic E-state index is 0.0445. The smallest absolute Gasteiger partial charge is 0.127 e. The lowest BCUT2D eigenvalue weighted by molar-refractivity contribution is 0.482. The van der Waals surface area contributed by atoms with Gasteiger partial charge in [-0.1, -0.05) is 60.1 Å². The lowest BCUT2D eigenvalue weighted by atomic mass is 9.98. The van der Waals surface area contributed by atoms with Crippen molar-refractivity contribution in [1.29, 1.82) is 0 Å². The van der Waals surface area contributed by atoms with Crippen molar-refractivity contribution in [3.8, 4) is 11.5 Å². The van der Waals surface area contributed by atoms with Crippen LogP contribution in [0.4, 0.5) is 0 Å². The molecule has 0 N–H and O–H groups in total. The van der Waals surface area contributed by atoms with Crippen LogP contribution in [-0.2, 0) is 0 Å². The molecule has 4 heteroatoms. The number of imidazole rings is 1. The van der Waals surface area contributed by atoms with Gasteiger partial charge in [0.25, 0.3) is 0 Å². The highest BCUT2D eigenvalue weighted by molar-refractivity contribution is 6.31. The fourth-order valence-electron chi connectivity index (χ4n) is 2.97. The third kappa shape index (κ3) is 3.48. The number of aromatic nitrogens is 2. The summed E-state index contributed by atoms with van der Waals surface area (Å²) in [6, 6.07) is 25.7. The normalized spacial score (nSPS) is 11.9. The number of benzene rings is 3. The van der Waals surface area contributed by atoms with Crippen LogP contribution in [0.2, 0.25) is 5.02 Å². The van der Waals surface area contributed by atoms with E-state index in [1.807, 2.05) is 83.8 Å². The average Bonchev–Trinajstić information content (AvgIpc) is 3.20. The molecular formula is C22H17ClN2O. The van der Waals surface area contributed by atoms with Gasteiger partial charge in [0, 0.05) is 17.4 Å². The molecule has 1 atom stereocenters. The number of hydrogen-bond acceptors (Lipinski definition) is 2. The van der Waals surface area contributed by atoms with Gasteiger partial charge in [0.05, 0.1) is 12.4 Å². The Morgan fingerprint density at radius 1 is 0.808 bits per heavy atom. The van der Waals surface area contributed by atoms with E-state index < -0.39 is 0 Å². The van der Waals surface area contributed by atoms with Gasteiger partial charge in [-0.3, -0.25) is 0 Å². The number of halogens is 1. The second kappa shape index (κ2) is 7.46. The molecule has 1 aromatic heterocycles. The Bertz CT molecular complexity index is 967. The third-order valence-corrected chi connectivity index (χ3v) is 4.54. The predicted octanol–water partition coefficient (Wildman–Crippen LogP) is 5.97. The summed E-state index contributed by atoms with van der Waals surface area (Å²) in [6.07, 6.45) is 5.53. The molecule has 1 unspecified atom stereocenters. The van der Waals surface area contributed by atoms with Crippen LogP contribution >= 0.6 is 11.6 Å². The summed E-state index contributed by atoms with van der Waals surface area (Å²) in [4.78, 5) is 4.19. The second-order valence-corrected chi connectivity index (χ2v) is 6.33. The van der Waals surface area contributed by atoms with E-state index in [0.717, 1.165) is 27.6 Å². The van der Waals surface area contributed by atoms with Crippen LogP contribution in [0.3, 0.4) is 0 Å². The minimum Gasteiger partial charge on any atom is -0.457 e. The Balaban J connectivity index is 1.67. The van der Waals surface area contributed by atoms with Crippen molar-refractivity contribution in [2.24, 2.45) is 0 Å². The number of rotatable bonds is 5. The van der Waals surface area contributed by atoms with Crippen LogP contribution in [-0.4, -0.2) is 9.55 Å². The Morgan fingerprint density at radius 3 is 2.19 bits per heavy atom. The molecule has 0 aliphatic carbocycles. The standard InChI is InChI=1S/C22H17ClN2O/c23-21-9-5-4-8-20(21)22(25-15-14-24-16-25)17-10-12-19(13-11-17)26-18-6-2-1-3-7-18/h1-16,22H. The molecule has 4 aromatic rings. The van der Waals surface area contributed by atoms with Crippen molar-refractivity contribution < 1.29 is 4.74 Å². The molecule has 0 spiro atoms. The van der Waals surface area contributed by atoms with Gasteiger partial charge in [-0.05, 0) is 41.5 Å². The van der Waals surface area contributed by atoms with Gasteiger partial charge in [-0.15, -0.1) is 0 Å². The minimum atomic E-state index is -0.0445. The van der Waals surface area contributed by atoms with Crippen LogP contribution in [0.5, 0.6) is 11.5 Å². The van der Waals surface area contributed by atoms with E-state index in [9.17, 15) is 0 Å². The first kappa shape index (κ1) is 16.4. The van der Waals surface area contributed by atoms with Gasteiger partial charge < -0.3 is 9.30 Å². The first-order chi connectivity index (χ1) is 12.8. The summed E-state index contributed by atoms with van der Waals surface area (Å²) < 4.78 is 7.94. The summed E-state index contributed by atoms with van der Waals surface area (Å²) in [5, 5.41) is 0.732. The Labute approximate surface area is 157 Å². The summed E-state index contributed by atoms with van der Waals surface area (Å²) in [7, 11) is 0. The van der Waals surface area contributed by atoms with Gasteiger partial charge in [0.1, 0.15) is 11.5 Å². The summed E-state index contributed by atoms with van der Waals surface area (Å²) in [5.41, 5.74) is 2.14. The zero-order chi connectivity index (χ0) is 17.8. The topological polar surface area (TPSA) is 27.1 Å². The monoisotopic (exact) mass is 360 g/mol. The average molecular weight is 361 g/mol. The molecule has 0 bridgehead atoms. The maximum absolute atomic E-state index is 6.47. The van der Waals surface area contributed by atoms with E-state index in [0.29, 0.717) is 0 Å². The second-order valence-electron chi connectivity index (χ2n) is 5.92. The molecule has 0 amide bonds. The summed E-state index contributed by atoms with van der Waals surface area (Å²) >= 11 is 6.47. The quantitative estimate of drug-likeness (QED) is 0.438. The molecule has 0 aliphatic rings. The molecule has 0 radical (unpaired) electrons. The van der Waals surface area contributed by atoms with Crippen molar-refractivity contribution >= 4 is 11.6 Å². The van der Waals surface area contributed by atoms with Gasteiger partial charge in [0.15, 0.2) is 0 Å². The highest BCUT2D eigenvalue weighted by Gasteiger charge is 2.18. The fourth-order valence-corrected chi connectivity index (χ4v) is 3.21. The summed E-state index contributed by atoms with van der Waals surface area (Å²) in [5.74, 6) is 1.61. The molecule has 128 valence electrons. The number of ether oxygens (including phenoxy) is 1. The van der Waals surface area contributed by atoms with E-state index >= 15 is 0 Å². The molecule has 0 saturated heterocycles. The molecule has 0 aliphatic heterocycles.